The molecule has 3 heteroatoms. The van der Waals surface area contributed by atoms with Crippen LogP contribution in [0.4, 0.5) is 0 Å². The fourth-order valence-electron chi connectivity index (χ4n) is 0.178. The summed E-state index contributed by atoms with van der Waals surface area (Å²) >= 11 is 6.83. The largest absolute Gasteiger partial charge is 0.301 e. The standard InChI is InChI=1S/C4H9BBr2/c1-3-4(2)5(6)7/h4H,3H2,1-2H3. The summed E-state index contributed by atoms with van der Waals surface area (Å²) in [6.07, 6.45) is 1.22. The third-order valence-corrected chi connectivity index (χ3v) is 2.88. The fraction of sp³-hybridized carbons (Fsp3) is 1.00. The average Bonchev–Trinajstić information content (AvgIpc) is 1.65. The van der Waals surface area contributed by atoms with Gasteiger partial charge in [-0.2, -0.15) is 0 Å². The van der Waals surface area contributed by atoms with Crippen LogP contribution in [-0.4, -0.2) is 4.36 Å². The number of rotatable bonds is 2. The predicted octanol–water partition coefficient (Wildman–Crippen LogP) is 3.06. The highest BCUT2D eigenvalue weighted by atomic mass is 79.9. The van der Waals surface area contributed by atoms with Crippen molar-refractivity contribution in [1.29, 1.82) is 0 Å². The zero-order valence-electron chi connectivity index (χ0n) is 4.62. The molecule has 0 aromatic heterocycles. The third-order valence-electron chi connectivity index (χ3n) is 1.07. The van der Waals surface area contributed by atoms with Crippen molar-refractivity contribution >= 4 is 35.9 Å². The molecule has 0 nitrogen and oxygen atoms in total. The van der Waals surface area contributed by atoms with Gasteiger partial charge in [0.15, 0.2) is 0 Å². The SMILES string of the molecule is CCC(C)B(Br)Br. The van der Waals surface area contributed by atoms with Gasteiger partial charge in [-0.1, -0.05) is 20.3 Å². The molecule has 0 aliphatic heterocycles. The van der Waals surface area contributed by atoms with E-state index in [0.29, 0.717) is 4.36 Å². The van der Waals surface area contributed by atoms with E-state index in [4.69, 9.17) is 0 Å². The van der Waals surface area contributed by atoms with Gasteiger partial charge >= 0.3 is 4.36 Å². The maximum Gasteiger partial charge on any atom is 0.301 e. The second-order valence-electron chi connectivity index (χ2n) is 1.72. The second-order valence-corrected chi connectivity index (χ2v) is 4.92. The first kappa shape index (κ1) is 8.02. The van der Waals surface area contributed by atoms with E-state index in [9.17, 15) is 0 Å². The van der Waals surface area contributed by atoms with Crippen molar-refractivity contribution in [3.63, 3.8) is 0 Å². The quantitative estimate of drug-likeness (QED) is 0.636. The summed E-state index contributed by atoms with van der Waals surface area (Å²) in [5.74, 6) is 0.736. The van der Waals surface area contributed by atoms with E-state index in [-0.39, 0.29) is 0 Å². The number of hydrogen-bond donors (Lipinski definition) is 0. The zero-order chi connectivity index (χ0) is 5.86. The first-order valence-electron chi connectivity index (χ1n) is 2.46. The normalized spacial score (nSPS) is 13.7. The van der Waals surface area contributed by atoms with Gasteiger partial charge in [-0.25, -0.2) is 0 Å². The molecule has 1 atom stereocenters. The molecule has 0 spiro atoms. The molecule has 0 heterocycles. The Morgan fingerprint density at radius 1 is 1.57 bits per heavy atom. The van der Waals surface area contributed by atoms with Crippen LogP contribution in [0.25, 0.3) is 0 Å². The van der Waals surface area contributed by atoms with Crippen LogP contribution < -0.4 is 0 Å². The van der Waals surface area contributed by atoms with Gasteiger partial charge in [0.2, 0.25) is 0 Å². The topological polar surface area (TPSA) is 0 Å². The van der Waals surface area contributed by atoms with E-state index in [1.807, 2.05) is 0 Å². The minimum atomic E-state index is 0.491. The Morgan fingerprint density at radius 3 is 2.00 bits per heavy atom. The maximum atomic E-state index is 3.42. The average molecular weight is 228 g/mol. The van der Waals surface area contributed by atoms with Crippen molar-refractivity contribution in [2.75, 3.05) is 0 Å². The first-order valence-corrected chi connectivity index (χ1v) is 4.29. The Labute approximate surface area is 62.1 Å². The Morgan fingerprint density at radius 2 is 2.00 bits per heavy atom. The van der Waals surface area contributed by atoms with Gasteiger partial charge in [0.1, 0.15) is 0 Å². The van der Waals surface area contributed by atoms with Gasteiger partial charge in [-0.05, 0) is 5.82 Å². The van der Waals surface area contributed by atoms with Gasteiger partial charge in [-0.15, -0.1) is 31.5 Å². The van der Waals surface area contributed by atoms with E-state index in [0.717, 1.165) is 5.82 Å². The van der Waals surface area contributed by atoms with E-state index >= 15 is 0 Å². The van der Waals surface area contributed by atoms with Gasteiger partial charge in [-0.3, -0.25) is 0 Å². The van der Waals surface area contributed by atoms with Gasteiger partial charge in [0, 0.05) is 0 Å². The minimum absolute atomic E-state index is 0.491. The molecule has 0 aliphatic carbocycles. The molecule has 0 saturated carbocycles. The summed E-state index contributed by atoms with van der Waals surface area (Å²) in [5, 5.41) is 0. The summed E-state index contributed by atoms with van der Waals surface area (Å²) in [4.78, 5) is 0. The molecule has 0 rings (SSSR count). The lowest BCUT2D eigenvalue weighted by Gasteiger charge is -2.03. The molecule has 0 fully saturated rings. The molecular formula is C4H9BBr2. The monoisotopic (exact) mass is 226 g/mol. The van der Waals surface area contributed by atoms with Crippen LogP contribution in [-0.2, 0) is 0 Å². The van der Waals surface area contributed by atoms with Crippen LogP contribution in [0.5, 0.6) is 0 Å². The smallest absolute Gasteiger partial charge is 0.139 e. The summed E-state index contributed by atoms with van der Waals surface area (Å²) in [7, 11) is 0. The molecular weight excluding hydrogens is 219 g/mol. The van der Waals surface area contributed by atoms with Crippen LogP contribution in [0.1, 0.15) is 20.3 Å². The minimum Gasteiger partial charge on any atom is -0.139 e. The molecule has 0 saturated heterocycles. The summed E-state index contributed by atoms with van der Waals surface area (Å²) < 4.78 is 0.491. The van der Waals surface area contributed by atoms with Gasteiger partial charge in [0.25, 0.3) is 0 Å². The van der Waals surface area contributed by atoms with Crippen molar-refractivity contribution in [3.05, 3.63) is 0 Å². The lowest BCUT2D eigenvalue weighted by Crippen LogP contribution is -1.98. The molecule has 42 valence electrons. The second kappa shape index (κ2) is 3.96. The third kappa shape index (κ3) is 3.59. The molecule has 0 amide bonds. The lowest BCUT2D eigenvalue weighted by molar-refractivity contribution is 0.876. The Kier molecular flexibility index (Phi) is 4.54. The van der Waals surface area contributed by atoms with Crippen LogP contribution in [0.3, 0.4) is 0 Å². The van der Waals surface area contributed by atoms with Crippen LogP contribution >= 0.6 is 31.5 Å². The van der Waals surface area contributed by atoms with E-state index < -0.39 is 0 Å². The predicted molar refractivity (Wildman–Crippen MR) is 43.3 cm³/mol. The molecule has 7 heavy (non-hydrogen) atoms. The van der Waals surface area contributed by atoms with Crippen LogP contribution in [0.2, 0.25) is 5.82 Å². The number of hydrogen-bond acceptors (Lipinski definition) is 0. The molecule has 1 unspecified atom stereocenters. The summed E-state index contributed by atoms with van der Waals surface area (Å²) in [6.45, 7) is 4.38. The van der Waals surface area contributed by atoms with E-state index in [1.165, 1.54) is 6.42 Å². The van der Waals surface area contributed by atoms with Crippen molar-refractivity contribution in [3.8, 4) is 0 Å². The molecule has 0 aromatic carbocycles. The Hall–Kier alpha value is 1.02. The van der Waals surface area contributed by atoms with Crippen molar-refractivity contribution < 1.29 is 0 Å². The highest BCUT2D eigenvalue weighted by Crippen LogP contribution is 2.22. The molecule has 0 N–H and O–H groups in total. The fourth-order valence-corrected chi connectivity index (χ4v) is 0.926. The summed E-state index contributed by atoms with van der Waals surface area (Å²) in [5.41, 5.74) is 0. The van der Waals surface area contributed by atoms with Crippen LogP contribution in [0, 0.1) is 0 Å². The van der Waals surface area contributed by atoms with Crippen molar-refractivity contribution in [1.82, 2.24) is 0 Å². The van der Waals surface area contributed by atoms with Crippen molar-refractivity contribution in [2.45, 2.75) is 26.1 Å². The molecule has 0 bridgehead atoms. The first-order chi connectivity index (χ1) is 3.18. The summed E-state index contributed by atoms with van der Waals surface area (Å²) in [6, 6.07) is 0. The molecule has 0 aromatic rings. The molecule has 0 aliphatic rings. The molecule has 0 radical (unpaired) electrons. The highest BCUT2D eigenvalue weighted by Gasteiger charge is 2.11. The lowest BCUT2D eigenvalue weighted by atomic mass is 9.86. The highest BCUT2D eigenvalue weighted by molar-refractivity contribution is 9.49. The van der Waals surface area contributed by atoms with E-state index in [1.54, 1.807) is 0 Å². The maximum absolute atomic E-state index is 3.42. The van der Waals surface area contributed by atoms with E-state index in [2.05, 4.69) is 45.4 Å². The Bertz CT molecular complexity index is 47.0. The van der Waals surface area contributed by atoms with Crippen LogP contribution in [0.15, 0.2) is 0 Å². The van der Waals surface area contributed by atoms with Crippen molar-refractivity contribution in [2.24, 2.45) is 0 Å². The number of halogens is 2. The van der Waals surface area contributed by atoms with Gasteiger partial charge < -0.3 is 0 Å². The van der Waals surface area contributed by atoms with Gasteiger partial charge in [0.05, 0.1) is 0 Å². The zero-order valence-corrected chi connectivity index (χ0v) is 7.79. The Balaban J connectivity index is 3.14.